The summed E-state index contributed by atoms with van der Waals surface area (Å²) in [6, 6.07) is 5.33. The number of nitrogens with zero attached hydrogens (tertiary/aromatic N) is 4. The number of aromatic nitrogens is 2. The minimum atomic E-state index is 0.0469. The summed E-state index contributed by atoms with van der Waals surface area (Å²) in [4.78, 5) is 25.0. The van der Waals surface area contributed by atoms with Gasteiger partial charge in [-0.05, 0) is 25.6 Å². The number of anilines is 2. The highest BCUT2D eigenvalue weighted by Crippen LogP contribution is 2.47. The molecule has 0 atom stereocenters. The Morgan fingerprint density at radius 3 is 2.77 bits per heavy atom. The van der Waals surface area contributed by atoms with E-state index >= 15 is 0 Å². The number of hydrogen-bond donors (Lipinski definition) is 1. The maximum absolute atomic E-state index is 12.2. The second-order valence-corrected chi connectivity index (χ2v) is 9.68. The van der Waals surface area contributed by atoms with Crippen LogP contribution in [0, 0.1) is 11.8 Å². The highest BCUT2D eigenvalue weighted by molar-refractivity contribution is 6.34. The van der Waals surface area contributed by atoms with Crippen LogP contribution in [0.5, 0.6) is 23.0 Å². The van der Waals surface area contributed by atoms with Crippen molar-refractivity contribution >= 4 is 39.9 Å². The van der Waals surface area contributed by atoms with Gasteiger partial charge in [0.25, 0.3) is 0 Å². The van der Waals surface area contributed by atoms with Crippen LogP contribution in [0.2, 0.25) is 5.02 Å². The smallest absolute Gasteiger partial charge is 0.236 e. The van der Waals surface area contributed by atoms with Gasteiger partial charge >= 0.3 is 0 Å². The molecule has 1 fully saturated rings. The number of piperazine rings is 1. The third-order valence-electron chi connectivity index (χ3n) is 6.54. The molecule has 0 saturated carbocycles. The molecule has 1 N–H and O–H groups in total. The number of hydrogen-bond acceptors (Lipinski definition) is 10. The summed E-state index contributed by atoms with van der Waals surface area (Å²) in [6.45, 7) is 3.46. The molecular weight excluding hydrogens is 538 g/mol. The SMILES string of the molecule is COCC#Cc1cc(Cl)c(Nc2ncnc3cc(OCCCN4CCN(C)CC4=O)c(OC)cc23)c2c1OCO2. The summed E-state index contributed by atoms with van der Waals surface area (Å²) in [5.41, 5.74) is 1.76. The number of methoxy groups -OCH3 is 2. The van der Waals surface area contributed by atoms with Gasteiger partial charge in [0, 0.05) is 38.2 Å². The van der Waals surface area contributed by atoms with E-state index < -0.39 is 0 Å². The quantitative estimate of drug-likeness (QED) is 0.306. The molecule has 210 valence electrons. The summed E-state index contributed by atoms with van der Waals surface area (Å²) < 4.78 is 28.1. The largest absolute Gasteiger partial charge is 0.493 e. The van der Waals surface area contributed by atoms with E-state index in [-0.39, 0.29) is 19.3 Å². The summed E-state index contributed by atoms with van der Waals surface area (Å²) in [5, 5.41) is 4.37. The number of amides is 1. The Morgan fingerprint density at radius 1 is 1.12 bits per heavy atom. The molecule has 0 unspecified atom stereocenters. The van der Waals surface area contributed by atoms with Gasteiger partial charge in [0.15, 0.2) is 23.0 Å². The third-order valence-corrected chi connectivity index (χ3v) is 6.84. The first-order valence-electron chi connectivity index (χ1n) is 12.8. The molecular formula is C28H30ClN5O6. The third kappa shape index (κ3) is 5.94. The van der Waals surface area contributed by atoms with Gasteiger partial charge in [0.05, 0.1) is 36.4 Å². The molecule has 0 spiro atoms. The van der Waals surface area contributed by atoms with Crippen LogP contribution in [0.1, 0.15) is 12.0 Å². The molecule has 1 aromatic heterocycles. The van der Waals surface area contributed by atoms with Gasteiger partial charge in [-0.2, -0.15) is 0 Å². The molecule has 12 heteroatoms. The van der Waals surface area contributed by atoms with Crippen molar-refractivity contribution in [3.63, 3.8) is 0 Å². The standard InChI is InChI=1S/C28H30ClN5O6/c1-33-8-9-34(24(35)15-33)7-5-11-38-23-14-21-19(13-22(23)37-3)28(31-16-30-21)32-25-20(29)12-18(6-4-10-36-2)26-27(25)40-17-39-26/h12-14,16H,5,7-11,15,17H2,1-3H3,(H,30,31,32). The maximum atomic E-state index is 12.2. The van der Waals surface area contributed by atoms with E-state index in [2.05, 4.69) is 27.1 Å². The van der Waals surface area contributed by atoms with Crippen LogP contribution in [0.15, 0.2) is 24.5 Å². The van der Waals surface area contributed by atoms with Crippen LogP contribution in [-0.4, -0.2) is 93.1 Å². The topological polar surface area (TPSA) is 108 Å². The van der Waals surface area contributed by atoms with Gasteiger partial charge in [0.2, 0.25) is 12.7 Å². The molecule has 1 saturated heterocycles. The predicted molar refractivity (Wildman–Crippen MR) is 150 cm³/mol. The van der Waals surface area contributed by atoms with E-state index in [1.54, 1.807) is 20.3 Å². The van der Waals surface area contributed by atoms with Crippen molar-refractivity contribution in [2.45, 2.75) is 6.42 Å². The lowest BCUT2D eigenvalue weighted by Gasteiger charge is -2.32. The Labute approximate surface area is 237 Å². The summed E-state index contributed by atoms with van der Waals surface area (Å²) in [5.74, 6) is 8.59. The monoisotopic (exact) mass is 567 g/mol. The fraction of sp³-hybridized carbons (Fsp3) is 0.393. The molecule has 2 aliphatic heterocycles. The molecule has 1 amide bonds. The van der Waals surface area contributed by atoms with Gasteiger partial charge < -0.3 is 33.9 Å². The van der Waals surface area contributed by atoms with Crippen molar-refractivity contribution in [2.75, 3.05) is 72.8 Å². The van der Waals surface area contributed by atoms with Crippen LogP contribution < -0.4 is 24.3 Å². The first-order chi connectivity index (χ1) is 19.5. The summed E-state index contributed by atoms with van der Waals surface area (Å²) >= 11 is 6.64. The highest BCUT2D eigenvalue weighted by Gasteiger charge is 2.26. The minimum Gasteiger partial charge on any atom is -0.493 e. The number of likely N-dealkylation sites (N-methyl/N-ethyl adjacent to an activating group) is 1. The Morgan fingerprint density at radius 2 is 1.98 bits per heavy atom. The Bertz CT molecular complexity index is 1470. The van der Waals surface area contributed by atoms with E-state index in [1.807, 2.05) is 29.0 Å². The van der Waals surface area contributed by atoms with Crippen LogP contribution in [-0.2, 0) is 9.53 Å². The molecule has 40 heavy (non-hydrogen) atoms. The number of carbonyl (C=O) groups is 1. The molecule has 0 aliphatic carbocycles. The van der Waals surface area contributed by atoms with Crippen LogP contribution in [0.3, 0.4) is 0 Å². The van der Waals surface area contributed by atoms with Gasteiger partial charge in [-0.15, -0.1) is 0 Å². The Hall–Kier alpha value is -3.98. The zero-order chi connectivity index (χ0) is 28.1. The van der Waals surface area contributed by atoms with Crippen LogP contribution >= 0.6 is 11.6 Å². The molecule has 5 rings (SSSR count). The summed E-state index contributed by atoms with van der Waals surface area (Å²) in [7, 11) is 5.11. The van der Waals surface area contributed by atoms with E-state index in [1.165, 1.54) is 6.33 Å². The normalized spacial score (nSPS) is 14.7. The lowest BCUT2D eigenvalue weighted by atomic mass is 10.1. The Balaban J connectivity index is 1.34. The Kier molecular flexibility index (Phi) is 8.60. The molecule has 0 bridgehead atoms. The van der Waals surface area contributed by atoms with Gasteiger partial charge in [-0.1, -0.05) is 23.4 Å². The maximum Gasteiger partial charge on any atom is 0.236 e. The van der Waals surface area contributed by atoms with Crippen molar-refractivity contribution in [1.29, 1.82) is 0 Å². The fourth-order valence-corrected chi connectivity index (χ4v) is 4.75. The summed E-state index contributed by atoms with van der Waals surface area (Å²) in [6.07, 6.45) is 2.15. The number of carbonyl (C=O) groups excluding carboxylic acids is 1. The minimum absolute atomic E-state index is 0.0469. The number of benzene rings is 2. The first kappa shape index (κ1) is 27.6. The highest BCUT2D eigenvalue weighted by atomic mass is 35.5. The van der Waals surface area contributed by atoms with Gasteiger partial charge in [-0.3, -0.25) is 9.69 Å². The van der Waals surface area contributed by atoms with Crippen molar-refractivity contribution in [1.82, 2.24) is 19.8 Å². The zero-order valence-corrected chi connectivity index (χ0v) is 23.3. The number of ether oxygens (including phenoxy) is 5. The molecule has 2 aromatic carbocycles. The lowest BCUT2D eigenvalue weighted by Crippen LogP contribution is -2.49. The first-order valence-corrected chi connectivity index (χ1v) is 13.1. The van der Waals surface area contributed by atoms with Crippen molar-refractivity contribution in [3.8, 4) is 34.8 Å². The number of nitrogens with one attached hydrogen (secondary N) is 1. The molecule has 3 heterocycles. The zero-order valence-electron chi connectivity index (χ0n) is 22.6. The molecule has 0 radical (unpaired) electrons. The lowest BCUT2D eigenvalue weighted by molar-refractivity contribution is -0.135. The van der Waals surface area contributed by atoms with Crippen molar-refractivity contribution in [3.05, 3.63) is 35.1 Å². The number of fused-ring (bicyclic) bond motifs is 2. The average Bonchev–Trinajstić information content (AvgIpc) is 3.44. The second kappa shape index (κ2) is 12.5. The van der Waals surface area contributed by atoms with Gasteiger partial charge in [-0.25, -0.2) is 9.97 Å². The number of rotatable bonds is 9. The van der Waals surface area contributed by atoms with E-state index in [9.17, 15) is 4.79 Å². The molecule has 2 aliphatic rings. The molecule has 3 aromatic rings. The van der Waals surface area contributed by atoms with Gasteiger partial charge in [0.1, 0.15) is 24.4 Å². The van der Waals surface area contributed by atoms with E-state index in [0.29, 0.717) is 82.1 Å². The van der Waals surface area contributed by atoms with Crippen molar-refractivity contribution in [2.24, 2.45) is 0 Å². The van der Waals surface area contributed by atoms with Crippen molar-refractivity contribution < 1.29 is 28.5 Å². The number of halogens is 1. The van der Waals surface area contributed by atoms with Crippen LogP contribution in [0.4, 0.5) is 11.5 Å². The van der Waals surface area contributed by atoms with E-state index in [4.69, 9.17) is 35.3 Å². The average molecular weight is 568 g/mol. The fourth-order valence-electron chi connectivity index (χ4n) is 4.50. The molecule has 11 nitrogen and oxygen atoms in total. The second-order valence-electron chi connectivity index (χ2n) is 9.27. The predicted octanol–water partition coefficient (Wildman–Crippen LogP) is 3.30. The van der Waals surface area contributed by atoms with Crippen LogP contribution in [0.25, 0.3) is 10.9 Å². The van der Waals surface area contributed by atoms with E-state index in [0.717, 1.165) is 13.1 Å².